The highest BCUT2D eigenvalue weighted by atomic mass is 16.1. The van der Waals surface area contributed by atoms with Gasteiger partial charge in [0.05, 0.1) is 17.8 Å². The minimum atomic E-state index is 0.155. The fourth-order valence-corrected chi connectivity index (χ4v) is 3.47. The largest absolute Gasteiger partial charge is 0.350 e. The van der Waals surface area contributed by atoms with E-state index >= 15 is 0 Å². The highest BCUT2D eigenvalue weighted by Gasteiger charge is 2.16. The van der Waals surface area contributed by atoms with E-state index in [1.165, 1.54) is 25.7 Å². The van der Waals surface area contributed by atoms with E-state index in [4.69, 9.17) is 0 Å². The van der Waals surface area contributed by atoms with Crippen LogP contribution in [-0.4, -0.2) is 15.7 Å². The summed E-state index contributed by atoms with van der Waals surface area (Å²) >= 11 is 0. The van der Waals surface area contributed by atoms with Crippen LogP contribution in [0.1, 0.15) is 51.1 Å². The molecule has 118 valence electrons. The van der Waals surface area contributed by atoms with Crippen LogP contribution in [0.3, 0.4) is 0 Å². The Kier molecular flexibility index (Phi) is 4.76. The quantitative estimate of drug-likeness (QED) is 0.885. The Morgan fingerprint density at radius 2 is 2.09 bits per heavy atom. The number of amides is 1. The number of fused-ring (bicyclic) bond motifs is 1. The Labute approximate surface area is 131 Å². The average molecular weight is 299 g/mol. The molecule has 1 N–H and O–H groups in total. The van der Waals surface area contributed by atoms with Crippen molar-refractivity contribution in [3.05, 3.63) is 30.0 Å². The van der Waals surface area contributed by atoms with E-state index in [-0.39, 0.29) is 5.91 Å². The van der Waals surface area contributed by atoms with Crippen molar-refractivity contribution in [3.63, 3.8) is 0 Å². The van der Waals surface area contributed by atoms with Crippen molar-refractivity contribution in [1.82, 2.24) is 15.1 Å². The first-order chi connectivity index (χ1) is 10.8. The Bertz CT molecular complexity index is 641. The number of nitrogens with one attached hydrogen (secondary N) is 1. The first kappa shape index (κ1) is 15.1. The van der Waals surface area contributed by atoms with Gasteiger partial charge in [0, 0.05) is 18.4 Å². The Morgan fingerprint density at radius 1 is 1.32 bits per heavy atom. The second kappa shape index (κ2) is 6.95. The highest BCUT2D eigenvalue weighted by molar-refractivity contribution is 5.82. The number of hydrogen-bond donors (Lipinski definition) is 1. The summed E-state index contributed by atoms with van der Waals surface area (Å²) < 4.78 is 2.00. The predicted octanol–water partition coefficient (Wildman–Crippen LogP) is 3.64. The van der Waals surface area contributed by atoms with Crippen molar-refractivity contribution >= 4 is 16.8 Å². The molecule has 1 saturated carbocycles. The molecular weight excluding hydrogens is 274 g/mol. The number of carbonyl (C=O) groups is 1. The zero-order chi connectivity index (χ0) is 15.4. The van der Waals surface area contributed by atoms with Gasteiger partial charge in [-0.15, -0.1) is 0 Å². The first-order valence-electron chi connectivity index (χ1n) is 8.49. The lowest BCUT2D eigenvalue weighted by Gasteiger charge is -2.08. The van der Waals surface area contributed by atoms with Crippen LogP contribution in [0.15, 0.2) is 24.3 Å². The van der Waals surface area contributed by atoms with E-state index in [2.05, 4.69) is 29.5 Å². The topological polar surface area (TPSA) is 46.9 Å². The molecule has 4 nitrogen and oxygen atoms in total. The number of aromatic nitrogens is 2. The van der Waals surface area contributed by atoms with Gasteiger partial charge >= 0.3 is 0 Å². The van der Waals surface area contributed by atoms with E-state index in [9.17, 15) is 4.79 Å². The van der Waals surface area contributed by atoms with Gasteiger partial charge in [-0.1, -0.05) is 43.9 Å². The maximum Gasteiger partial charge on any atom is 0.220 e. The van der Waals surface area contributed by atoms with Crippen LogP contribution in [0.2, 0.25) is 0 Å². The Hall–Kier alpha value is -1.84. The van der Waals surface area contributed by atoms with Crippen LogP contribution in [-0.2, 0) is 17.9 Å². The number of aryl methyl sites for hydroxylation is 1. The molecule has 1 aliphatic carbocycles. The summed E-state index contributed by atoms with van der Waals surface area (Å²) in [6.07, 6.45) is 6.98. The van der Waals surface area contributed by atoms with Gasteiger partial charge in [-0.05, 0) is 25.3 Å². The number of benzene rings is 1. The molecule has 1 heterocycles. The molecule has 0 atom stereocenters. The normalized spacial score (nSPS) is 15.5. The van der Waals surface area contributed by atoms with Gasteiger partial charge in [0.1, 0.15) is 0 Å². The summed E-state index contributed by atoms with van der Waals surface area (Å²) in [7, 11) is 0. The lowest BCUT2D eigenvalue weighted by molar-refractivity contribution is -0.121. The van der Waals surface area contributed by atoms with Crippen molar-refractivity contribution in [1.29, 1.82) is 0 Å². The average Bonchev–Trinajstić information content (AvgIpc) is 3.18. The molecule has 0 unspecified atom stereocenters. The smallest absolute Gasteiger partial charge is 0.220 e. The van der Waals surface area contributed by atoms with Crippen molar-refractivity contribution in [3.8, 4) is 0 Å². The van der Waals surface area contributed by atoms with Crippen LogP contribution in [0.4, 0.5) is 0 Å². The second-order valence-corrected chi connectivity index (χ2v) is 6.25. The van der Waals surface area contributed by atoms with E-state index in [0.29, 0.717) is 13.0 Å². The summed E-state index contributed by atoms with van der Waals surface area (Å²) in [4.78, 5) is 12.0. The fraction of sp³-hybridized carbons (Fsp3) is 0.556. The van der Waals surface area contributed by atoms with Crippen molar-refractivity contribution in [2.75, 3.05) is 0 Å². The van der Waals surface area contributed by atoms with Crippen LogP contribution >= 0.6 is 0 Å². The SMILES string of the molecule is CCn1nc(CNC(=O)CCC2CCCC2)c2ccccc21. The van der Waals surface area contributed by atoms with E-state index < -0.39 is 0 Å². The van der Waals surface area contributed by atoms with Crippen LogP contribution in [0.5, 0.6) is 0 Å². The summed E-state index contributed by atoms with van der Waals surface area (Å²) in [6.45, 7) is 3.45. The fourth-order valence-electron chi connectivity index (χ4n) is 3.47. The van der Waals surface area contributed by atoms with Gasteiger partial charge in [0.15, 0.2) is 0 Å². The lowest BCUT2D eigenvalue weighted by atomic mass is 10.0. The van der Waals surface area contributed by atoms with E-state index in [1.54, 1.807) is 0 Å². The minimum Gasteiger partial charge on any atom is -0.350 e. The third-order valence-corrected chi connectivity index (χ3v) is 4.74. The molecule has 0 spiro atoms. The molecular formula is C18H25N3O. The van der Waals surface area contributed by atoms with Crippen LogP contribution < -0.4 is 5.32 Å². The molecule has 0 saturated heterocycles. The van der Waals surface area contributed by atoms with Gasteiger partial charge in [0.2, 0.25) is 5.91 Å². The van der Waals surface area contributed by atoms with Gasteiger partial charge < -0.3 is 5.32 Å². The lowest BCUT2D eigenvalue weighted by Crippen LogP contribution is -2.23. The van der Waals surface area contributed by atoms with Gasteiger partial charge in [-0.25, -0.2) is 0 Å². The number of nitrogens with zero attached hydrogens (tertiary/aromatic N) is 2. The highest BCUT2D eigenvalue weighted by Crippen LogP contribution is 2.28. The molecule has 4 heteroatoms. The monoisotopic (exact) mass is 299 g/mol. The second-order valence-electron chi connectivity index (χ2n) is 6.25. The number of rotatable bonds is 6. The third kappa shape index (κ3) is 3.32. The molecule has 22 heavy (non-hydrogen) atoms. The summed E-state index contributed by atoms with van der Waals surface area (Å²) in [6, 6.07) is 8.21. The number of para-hydroxylation sites is 1. The molecule has 0 bridgehead atoms. The summed E-state index contributed by atoms with van der Waals surface area (Å²) in [5.74, 6) is 0.924. The molecule has 1 aromatic carbocycles. The zero-order valence-corrected chi connectivity index (χ0v) is 13.3. The van der Waals surface area contributed by atoms with Crippen LogP contribution in [0.25, 0.3) is 10.9 Å². The number of hydrogen-bond acceptors (Lipinski definition) is 2. The molecule has 1 aliphatic rings. The molecule has 0 aliphatic heterocycles. The van der Waals surface area contributed by atoms with E-state index in [1.807, 2.05) is 16.8 Å². The molecule has 3 rings (SSSR count). The maximum atomic E-state index is 12.0. The van der Waals surface area contributed by atoms with Gasteiger partial charge in [-0.2, -0.15) is 5.10 Å². The summed E-state index contributed by atoms with van der Waals surface area (Å²) in [5, 5.41) is 8.80. The molecule has 1 aromatic heterocycles. The Balaban J connectivity index is 1.57. The standard InChI is InChI=1S/C18H25N3O/c1-2-21-17-10-6-5-9-15(17)16(20-21)13-19-18(22)12-11-14-7-3-4-8-14/h5-6,9-10,14H,2-4,7-8,11-13H2,1H3,(H,19,22). The van der Waals surface area contributed by atoms with Crippen LogP contribution in [0, 0.1) is 5.92 Å². The Morgan fingerprint density at radius 3 is 2.86 bits per heavy atom. The van der Waals surface area contributed by atoms with Gasteiger partial charge in [-0.3, -0.25) is 9.48 Å². The maximum absolute atomic E-state index is 12.0. The predicted molar refractivity (Wildman–Crippen MR) is 88.4 cm³/mol. The molecule has 0 radical (unpaired) electrons. The molecule has 1 amide bonds. The van der Waals surface area contributed by atoms with Crippen molar-refractivity contribution in [2.24, 2.45) is 5.92 Å². The third-order valence-electron chi connectivity index (χ3n) is 4.74. The van der Waals surface area contributed by atoms with Crippen molar-refractivity contribution in [2.45, 2.75) is 58.5 Å². The van der Waals surface area contributed by atoms with Gasteiger partial charge in [0.25, 0.3) is 0 Å². The van der Waals surface area contributed by atoms with Crippen molar-refractivity contribution < 1.29 is 4.79 Å². The summed E-state index contributed by atoms with van der Waals surface area (Å²) in [5.41, 5.74) is 2.10. The minimum absolute atomic E-state index is 0.155. The molecule has 1 fully saturated rings. The zero-order valence-electron chi connectivity index (χ0n) is 13.3. The number of carbonyl (C=O) groups excluding carboxylic acids is 1. The molecule has 2 aromatic rings. The van der Waals surface area contributed by atoms with E-state index in [0.717, 1.165) is 35.5 Å². The first-order valence-corrected chi connectivity index (χ1v) is 8.49.